The number of aromatic hydroxyl groups is 1. The van der Waals surface area contributed by atoms with Crippen LogP contribution in [0.3, 0.4) is 0 Å². The molecule has 3 aromatic rings. The fourth-order valence-electron chi connectivity index (χ4n) is 2.57. The molecule has 23 heavy (non-hydrogen) atoms. The van der Waals surface area contributed by atoms with E-state index in [9.17, 15) is 9.90 Å². The van der Waals surface area contributed by atoms with Gasteiger partial charge in [-0.15, -0.1) is 0 Å². The Morgan fingerprint density at radius 1 is 1.13 bits per heavy atom. The standard InChI is InChI=1S/C18H15NO4/c1-22-17-13-7-4-8-15(20)16(13)14(10-19-17)11-5-3-6-12(9-11)18(21)23-2/h3-10,20H,1-2H3. The van der Waals surface area contributed by atoms with E-state index in [0.717, 1.165) is 5.56 Å². The zero-order valence-electron chi connectivity index (χ0n) is 12.7. The molecule has 0 aliphatic heterocycles. The van der Waals surface area contributed by atoms with Gasteiger partial charge in [-0.05, 0) is 29.8 Å². The van der Waals surface area contributed by atoms with Gasteiger partial charge in [0, 0.05) is 22.5 Å². The molecule has 0 aliphatic rings. The summed E-state index contributed by atoms with van der Waals surface area (Å²) in [5, 5.41) is 11.6. The number of carbonyl (C=O) groups excluding carboxylic acids is 1. The Hall–Kier alpha value is -3.08. The molecule has 0 radical (unpaired) electrons. The molecule has 0 spiro atoms. The van der Waals surface area contributed by atoms with Crippen LogP contribution in [0.5, 0.6) is 11.6 Å². The number of pyridine rings is 1. The summed E-state index contributed by atoms with van der Waals surface area (Å²) in [4.78, 5) is 16.0. The fourth-order valence-corrected chi connectivity index (χ4v) is 2.57. The summed E-state index contributed by atoms with van der Waals surface area (Å²) in [5.74, 6) is 0.146. The molecule has 0 aliphatic carbocycles. The normalized spacial score (nSPS) is 10.5. The molecular weight excluding hydrogens is 294 g/mol. The first-order valence-electron chi connectivity index (χ1n) is 6.99. The maximum atomic E-state index is 11.7. The third-order valence-electron chi connectivity index (χ3n) is 3.64. The molecule has 1 aromatic heterocycles. The van der Waals surface area contributed by atoms with Crippen molar-refractivity contribution >= 4 is 16.7 Å². The number of aromatic nitrogens is 1. The topological polar surface area (TPSA) is 68.7 Å². The van der Waals surface area contributed by atoms with Gasteiger partial charge < -0.3 is 14.6 Å². The molecule has 116 valence electrons. The van der Waals surface area contributed by atoms with Gasteiger partial charge in [-0.3, -0.25) is 0 Å². The number of ether oxygens (including phenoxy) is 2. The van der Waals surface area contributed by atoms with E-state index in [1.54, 1.807) is 36.5 Å². The summed E-state index contributed by atoms with van der Waals surface area (Å²) < 4.78 is 10.0. The fraction of sp³-hybridized carbons (Fsp3) is 0.111. The van der Waals surface area contributed by atoms with Crippen LogP contribution in [0.2, 0.25) is 0 Å². The van der Waals surface area contributed by atoms with Crippen LogP contribution in [0.25, 0.3) is 21.9 Å². The van der Waals surface area contributed by atoms with Crippen LogP contribution in [0.15, 0.2) is 48.7 Å². The van der Waals surface area contributed by atoms with Crippen molar-refractivity contribution in [3.63, 3.8) is 0 Å². The molecule has 0 fully saturated rings. The highest BCUT2D eigenvalue weighted by Gasteiger charge is 2.14. The first kappa shape index (κ1) is 14.8. The Balaban J connectivity index is 2.27. The number of phenolic OH excluding ortho intramolecular Hbond substituents is 1. The smallest absolute Gasteiger partial charge is 0.337 e. The van der Waals surface area contributed by atoms with Crippen molar-refractivity contribution < 1.29 is 19.4 Å². The van der Waals surface area contributed by atoms with Gasteiger partial charge in [-0.1, -0.05) is 18.2 Å². The second-order valence-corrected chi connectivity index (χ2v) is 4.95. The molecule has 5 heteroatoms. The quantitative estimate of drug-likeness (QED) is 0.751. The van der Waals surface area contributed by atoms with Crippen molar-refractivity contribution in [2.75, 3.05) is 14.2 Å². The lowest BCUT2D eigenvalue weighted by atomic mass is 9.98. The van der Waals surface area contributed by atoms with Crippen LogP contribution in [-0.2, 0) is 4.74 Å². The van der Waals surface area contributed by atoms with Crippen molar-refractivity contribution in [3.05, 3.63) is 54.2 Å². The Bertz CT molecular complexity index is 889. The molecule has 0 saturated carbocycles. The number of esters is 1. The molecule has 2 aromatic carbocycles. The average Bonchev–Trinajstić information content (AvgIpc) is 2.60. The molecule has 0 bridgehead atoms. The van der Waals surface area contributed by atoms with Crippen molar-refractivity contribution in [2.24, 2.45) is 0 Å². The van der Waals surface area contributed by atoms with Gasteiger partial charge in [0.1, 0.15) is 5.75 Å². The van der Waals surface area contributed by atoms with Gasteiger partial charge in [-0.2, -0.15) is 0 Å². The summed E-state index contributed by atoms with van der Waals surface area (Å²) in [6, 6.07) is 12.2. The highest BCUT2D eigenvalue weighted by atomic mass is 16.5. The Morgan fingerprint density at radius 2 is 1.91 bits per heavy atom. The van der Waals surface area contributed by atoms with E-state index in [4.69, 9.17) is 9.47 Å². The number of benzene rings is 2. The van der Waals surface area contributed by atoms with Crippen LogP contribution >= 0.6 is 0 Å². The van der Waals surface area contributed by atoms with Crippen LogP contribution in [0.1, 0.15) is 10.4 Å². The minimum Gasteiger partial charge on any atom is -0.507 e. The number of carbonyl (C=O) groups is 1. The van der Waals surface area contributed by atoms with Gasteiger partial charge in [-0.25, -0.2) is 9.78 Å². The Labute approximate surface area is 133 Å². The molecular formula is C18H15NO4. The van der Waals surface area contributed by atoms with Gasteiger partial charge in [0.05, 0.1) is 19.8 Å². The molecule has 0 unspecified atom stereocenters. The van der Waals surface area contributed by atoms with E-state index in [0.29, 0.717) is 27.8 Å². The maximum Gasteiger partial charge on any atom is 0.337 e. The lowest BCUT2D eigenvalue weighted by Crippen LogP contribution is -2.01. The molecule has 3 rings (SSSR count). The van der Waals surface area contributed by atoms with Crippen LogP contribution < -0.4 is 4.74 Å². The second kappa shape index (κ2) is 5.96. The molecule has 0 amide bonds. The van der Waals surface area contributed by atoms with Crippen LogP contribution in [0, 0.1) is 0 Å². The lowest BCUT2D eigenvalue weighted by molar-refractivity contribution is 0.0601. The number of rotatable bonds is 3. The number of methoxy groups -OCH3 is 2. The van der Waals surface area contributed by atoms with Crippen molar-refractivity contribution in [1.82, 2.24) is 4.98 Å². The van der Waals surface area contributed by atoms with E-state index in [1.165, 1.54) is 14.2 Å². The monoisotopic (exact) mass is 309 g/mol. The Kier molecular flexibility index (Phi) is 3.85. The lowest BCUT2D eigenvalue weighted by Gasteiger charge is -2.11. The molecule has 0 saturated heterocycles. The van der Waals surface area contributed by atoms with Crippen LogP contribution in [-0.4, -0.2) is 30.3 Å². The predicted octanol–water partition coefficient (Wildman–Crippen LogP) is 3.40. The number of nitrogens with zero attached hydrogens (tertiary/aromatic N) is 1. The largest absolute Gasteiger partial charge is 0.507 e. The van der Waals surface area contributed by atoms with Gasteiger partial charge >= 0.3 is 5.97 Å². The summed E-state index contributed by atoms with van der Waals surface area (Å²) in [6.45, 7) is 0. The SMILES string of the molecule is COC(=O)c1cccc(-c2cnc(OC)c3cccc(O)c23)c1. The van der Waals surface area contributed by atoms with Crippen molar-refractivity contribution in [3.8, 4) is 22.8 Å². The molecule has 0 atom stereocenters. The summed E-state index contributed by atoms with van der Waals surface area (Å²) >= 11 is 0. The van der Waals surface area contributed by atoms with Crippen molar-refractivity contribution in [1.29, 1.82) is 0 Å². The summed E-state index contributed by atoms with van der Waals surface area (Å²) in [6.07, 6.45) is 1.62. The van der Waals surface area contributed by atoms with Gasteiger partial charge in [0.25, 0.3) is 0 Å². The van der Waals surface area contributed by atoms with Crippen molar-refractivity contribution in [2.45, 2.75) is 0 Å². The number of phenols is 1. The summed E-state index contributed by atoms with van der Waals surface area (Å²) in [5.41, 5.74) is 1.91. The molecule has 1 N–H and O–H groups in total. The van der Waals surface area contributed by atoms with E-state index < -0.39 is 5.97 Å². The first-order valence-corrected chi connectivity index (χ1v) is 6.99. The molecule has 1 heterocycles. The average molecular weight is 309 g/mol. The third-order valence-corrected chi connectivity index (χ3v) is 3.64. The van der Waals surface area contributed by atoms with Gasteiger partial charge in [0.2, 0.25) is 5.88 Å². The van der Waals surface area contributed by atoms with E-state index in [1.807, 2.05) is 12.1 Å². The highest BCUT2D eigenvalue weighted by molar-refractivity contribution is 6.03. The zero-order valence-corrected chi connectivity index (χ0v) is 12.7. The third kappa shape index (κ3) is 2.57. The van der Waals surface area contributed by atoms with E-state index in [2.05, 4.69) is 4.98 Å². The highest BCUT2D eigenvalue weighted by Crippen LogP contribution is 2.38. The Morgan fingerprint density at radius 3 is 2.65 bits per heavy atom. The van der Waals surface area contributed by atoms with E-state index >= 15 is 0 Å². The number of hydrogen-bond acceptors (Lipinski definition) is 5. The summed E-state index contributed by atoms with van der Waals surface area (Å²) in [7, 11) is 2.87. The molecule has 5 nitrogen and oxygen atoms in total. The minimum atomic E-state index is -0.415. The number of fused-ring (bicyclic) bond motifs is 1. The van der Waals surface area contributed by atoms with Crippen LogP contribution in [0.4, 0.5) is 0 Å². The second-order valence-electron chi connectivity index (χ2n) is 4.95. The minimum absolute atomic E-state index is 0.127. The first-order chi connectivity index (χ1) is 11.2. The van der Waals surface area contributed by atoms with E-state index in [-0.39, 0.29) is 5.75 Å². The van der Waals surface area contributed by atoms with Gasteiger partial charge in [0.15, 0.2) is 0 Å². The maximum absolute atomic E-state index is 11.7. The number of hydrogen-bond donors (Lipinski definition) is 1. The predicted molar refractivity (Wildman–Crippen MR) is 86.7 cm³/mol. The zero-order chi connectivity index (χ0) is 16.4.